The molecule has 1 amide bonds. The van der Waals surface area contributed by atoms with Crippen LogP contribution in [0.4, 0.5) is 11.4 Å². The Hall–Kier alpha value is -3.87. The highest BCUT2D eigenvalue weighted by Crippen LogP contribution is 2.40. The maximum atomic E-state index is 12.7. The van der Waals surface area contributed by atoms with Crippen LogP contribution in [0, 0.1) is 6.57 Å². The molecule has 33 heavy (non-hydrogen) atoms. The molecule has 8 nitrogen and oxygen atoms in total. The van der Waals surface area contributed by atoms with Crippen molar-refractivity contribution in [2.45, 2.75) is 17.2 Å². The van der Waals surface area contributed by atoms with Crippen molar-refractivity contribution in [3.63, 3.8) is 0 Å². The van der Waals surface area contributed by atoms with Gasteiger partial charge in [-0.3, -0.25) is 4.79 Å². The Morgan fingerprint density at radius 1 is 1.03 bits per heavy atom. The molecule has 1 heterocycles. The highest BCUT2D eigenvalue weighted by molar-refractivity contribution is 7.89. The van der Waals surface area contributed by atoms with Gasteiger partial charge in [0, 0.05) is 24.6 Å². The van der Waals surface area contributed by atoms with E-state index >= 15 is 0 Å². The molecule has 0 radical (unpaired) electrons. The van der Waals surface area contributed by atoms with Gasteiger partial charge in [-0.2, -0.15) is 0 Å². The number of benzene rings is 3. The van der Waals surface area contributed by atoms with Gasteiger partial charge in [-0.15, -0.1) is 0 Å². The highest BCUT2D eigenvalue weighted by atomic mass is 32.2. The quantitative estimate of drug-likeness (QED) is 0.552. The number of para-hydroxylation sites is 2. The van der Waals surface area contributed by atoms with Crippen molar-refractivity contribution < 1.29 is 22.7 Å². The molecule has 9 heteroatoms. The molecule has 1 fully saturated rings. The number of rotatable bonds is 6. The molecule has 168 valence electrons. The van der Waals surface area contributed by atoms with E-state index in [1.165, 1.54) is 12.1 Å². The monoisotopic (exact) mass is 463 g/mol. The molecule has 2 N–H and O–H groups in total. The highest BCUT2D eigenvalue weighted by Gasteiger charge is 2.32. The molecule has 1 atom stereocenters. The minimum absolute atomic E-state index is 0.0118. The molecule has 0 saturated carbocycles. The summed E-state index contributed by atoms with van der Waals surface area (Å²) < 4.78 is 34.3. The van der Waals surface area contributed by atoms with Crippen LogP contribution in [0.1, 0.15) is 17.9 Å². The fraction of sp³-hybridized carbons (Fsp3) is 0.167. The largest absolute Gasteiger partial charge is 0.493 e. The molecular formula is C24H21N3O5S. The maximum Gasteiger partial charge on any atom is 0.238 e. The van der Waals surface area contributed by atoms with Gasteiger partial charge in [0.1, 0.15) is 5.75 Å². The van der Waals surface area contributed by atoms with Crippen LogP contribution in [-0.4, -0.2) is 28.0 Å². The van der Waals surface area contributed by atoms with Crippen LogP contribution in [0.15, 0.2) is 71.6 Å². The van der Waals surface area contributed by atoms with Gasteiger partial charge in [-0.1, -0.05) is 24.3 Å². The second kappa shape index (κ2) is 8.94. The van der Waals surface area contributed by atoms with E-state index in [4.69, 9.17) is 21.2 Å². The molecular weight excluding hydrogens is 442 g/mol. The summed E-state index contributed by atoms with van der Waals surface area (Å²) in [5.74, 6) is 1.22. The standard InChI is InChI=1S/C24H21N3O5S/c1-26-20-12-7-16(13-23(20)32-22-6-4-3-5-21(22)31-2)17-14-24(28)27(15-17)18-8-10-19(11-9-18)33(25,29)30/h3-13,17H,14-15H2,2H3,(H2,25,29,30)/t17-/m0/s1. The number of nitrogens with two attached hydrogens (primary N) is 1. The number of carbonyl (C=O) groups is 1. The second-order valence-corrected chi connectivity index (χ2v) is 9.10. The van der Waals surface area contributed by atoms with Gasteiger partial charge in [0.15, 0.2) is 11.5 Å². The van der Waals surface area contributed by atoms with Crippen molar-refractivity contribution in [3.8, 4) is 17.2 Å². The summed E-state index contributed by atoms with van der Waals surface area (Å²) in [5.41, 5.74) is 1.81. The first-order valence-corrected chi connectivity index (χ1v) is 11.6. The van der Waals surface area contributed by atoms with E-state index < -0.39 is 10.0 Å². The Morgan fingerprint density at radius 3 is 2.36 bits per heavy atom. The van der Waals surface area contributed by atoms with Gasteiger partial charge in [-0.05, 0) is 48.0 Å². The summed E-state index contributed by atoms with van der Waals surface area (Å²) >= 11 is 0. The molecule has 3 aromatic carbocycles. The average Bonchev–Trinajstić information content (AvgIpc) is 3.20. The van der Waals surface area contributed by atoms with Crippen molar-refractivity contribution in [1.29, 1.82) is 0 Å². The Balaban J connectivity index is 1.59. The normalized spacial score (nSPS) is 15.8. The predicted octanol–water partition coefficient (Wildman–Crippen LogP) is 4.21. The van der Waals surface area contributed by atoms with Crippen LogP contribution in [0.25, 0.3) is 4.85 Å². The van der Waals surface area contributed by atoms with Crippen LogP contribution in [0.2, 0.25) is 0 Å². The fourth-order valence-corrected chi connectivity index (χ4v) is 4.29. The number of hydrogen-bond acceptors (Lipinski definition) is 5. The van der Waals surface area contributed by atoms with E-state index in [9.17, 15) is 13.2 Å². The van der Waals surface area contributed by atoms with Crippen molar-refractivity contribution in [3.05, 3.63) is 83.7 Å². The van der Waals surface area contributed by atoms with Gasteiger partial charge in [0.2, 0.25) is 21.6 Å². The van der Waals surface area contributed by atoms with Gasteiger partial charge in [0.05, 0.1) is 18.6 Å². The van der Waals surface area contributed by atoms with Gasteiger partial charge in [-0.25, -0.2) is 18.4 Å². The summed E-state index contributed by atoms with van der Waals surface area (Å²) in [6.07, 6.45) is 0.280. The smallest absolute Gasteiger partial charge is 0.238 e. The number of hydrogen-bond donors (Lipinski definition) is 1. The van der Waals surface area contributed by atoms with E-state index in [0.29, 0.717) is 35.2 Å². The third-order valence-electron chi connectivity index (χ3n) is 5.47. The zero-order valence-corrected chi connectivity index (χ0v) is 18.6. The molecule has 1 saturated heterocycles. The number of methoxy groups -OCH3 is 1. The first-order valence-electron chi connectivity index (χ1n) is 10.1. The molecule has 1 aliphatic heterocycles. The van der Waals surface area contributed by atoms with Crippen LogP contribution in [-0.2, 0) is 14.8 Å². The lowest BCUT2D eigenvalue weighted by molar-refractivity contribution is -0.117. The van der Waals surface area contributed by atoms with Crippen LogP contribution in [0.3, 0.4) is 0 Å². The van der Waals surface area contributed by atoms with Crippen LogP contribution >= 0.6 is 0 Å². The maximum absolute atomic E-state index is 12.7. The lowest BCUT2D eigenvalue weighted by atomic mass is 9.97. The lowest BCUT2D eigenvalue weighted by Crippen LogP contribution is -2.24. The zero-order valence-electron chi connectivity index (χ0n) is 17.8. The Kier molecular flexibility index (Phi) is 6.05. The van der Waals surface area contributed by atoms with Crippen molar-refractivity contribution in [2.75, 3.05) is 18.6 Å². The molecule has 0 unspecified atom stereocenters. The van der Waals surface area contributed by atoms with Crippen molar-refractivity contribution in [1.82, 2.24) is 0 Å². The Morgan fingerprint density at radius 2 is 1.73 bits per heavy atom. The number of carbonyl (C=O) groups excluding carboxylic acids is 1. The van der Waals surface area contributed by atoms with E-state index in [1.54, 1.807) is 48.4 Å². The average molecular weight is 464 g/mol. The minimum Gasteiger partial charge on any atom is -0.493 e. The lowest BCUT2D eigenvalue weighted by Gasteiger charge is -2.18. The number of amides is 1. The first-order chi connectivity index (χ1) is 15.8. The summed E-state index contributed by atoms with van der Waals surface area (Å²) in [7, 11) is -2.26. The molecule has 3 aromatic rings. The topological polar surface area (TPSA) is 103 Å². The third kappa shape index (κ3) is 4.67. The van der Waals surface area contributed by atoms with Crippen LogP contribution in [0.5, 0.6) is 17.2 Å². The zero-order chi connectivity index (χ0) is 23.6. The van der Waals surface area contributed by atoms with Gasteiger partial charge >= 0.3 is 0 Å². The van der Waals surface area contributed by atoms with Crippen molar-refractivity contribution in [2.24, 2.45) is 5.14 Å². The second-order valence-electron chi connectivity index (χ2n) is 7.54. The minimum atomic E-state index is -3.80. The third-order valence-corrected chi connectivity index (χ3v) is 6.40. The number of ether oxygens (including phenoxy) is 2. The number of sulfonamides is 1. The number of anilines is 1. The fourth-order valence-electron chi connectivity index (χ4n) is 3.78. The molecule has 0 aromatic heterocycles. The summed E-state index contributed by atoms with van der Waals surface area (Å²) in [4.78, 5) is 17.9. The van der Waals surface area contributed by atoms with E-state index in [0.717, 1.165) is 5.56 Å². The summed E-state index contributed by atoms with van der Waals surface area (Å²) in [6.45, 7) is 7.88. The van der Waals surface area contributed by atoms with E-state index in [2.05, 4.69) is 4.85 Å². The van der Waals surface area contributed by atoms with E-state index in [1.807, 2.05) is 18.2 Å². The molecule has 0 aliphatic carbocycles. The molecule has 0 bridgehead atoms. The first kappa shape index (κ1) is 22.3. The summed E-state index contributed by atoms with van der Waals surface area (Å²) in [6, 6.07) is 18.4. The number of primary sulfonamides is 1. The van der Waals surface area contributed by atoms with Gasteiger partial charge in [0.25, 0.3) is 0 Å². The van der Waals surface area contributed by atoms with Gasteiger partial charge < -0.3 is 14.4 Å². The van der Waals surface area contributed by atoms with Crippen LogP contribution < -0.4 is 19.5 Å². The van der Waals surface area contributed by atoms with E-state index in [-0.39, 0.29) is 23.1 Å². The molecule has 1 aliphatic rings. The molecule has 0 spiro atoms. The number of nitrogens with zero attached hydrogens (tertiary/aromatic N) is 2. The van der Waals surface area contributed by atoms with Crippen molar-refractivity contribution >= 4 is 27.3 Å². The predicted molar refractivity (Wildman–Crippen MR) is 123 cm³/mol. The summed E-state index contributed by atoms with van der Waals surface area (Å²) in [5, 5.41) is 5.15. The SMILES string of the molecule is [C-]#[N+]c1ccc([C@H]2CC(=O)N(c3ccc(S(N)(=O)=O)cc3)C2)cc1Oc1ccccc1OC. The Bertz CT molecular complexity index is 1350. The molecule has 4 rings (SSSR count). The Labute approximate surface area is 192 Å².